The summed E-state index contributed by atoms with van der Waals surface area (Å²) in [5.74, 6) is 0.814. The molecule has 7 heteroatoms. The monoisotopic (exact) mass is 355 g/mol. The van der Waals surface area contributed by atoms with Gasteiger partial charge in [0, 0.05) is 38.0 Å². The molecule has 0 saturated carbocycles. The summed E-state index contributed by atoms with van der Waals surface area (Å²) in [5.41, 5.74) is 4.04. The van der Waals surface area contributed by atoms with E-state index < -0.39 is 0 Å². The molecule has 0 amide bonds. The lowest BCUT2D eigenvalue weighted by Crippen LogP contribution is -2.35. The van der Waals surface area contributed by atoms with Crippen LogP contribution in [0.4, 0.5) is 0 Å². The number of hydrogen-bond donors (Lipinski definition) is 2. The minimum absolute atomic E-state index is 0.0174. The molecule has 2 N–H and O–H groups in total. The maximum Gasteiger partial charge on any atom is 0.255 e. The fourth-order valence-electron chi connectivity index (χ4n) is 3.33. The van der Waals surface area contributed by atoms with Crippen LogP contribution in [0, 0.1) is 0 Å². The second-order valence-electron chi connectivity index (χ2n) is 6.40. The van der Waals surface area contributed by atoms with Crippen LogP contribution >= 0.6 is 11.3 Å². The lowest BCUT2D eigenvalue weighted by molar-refractivity contribution is 0.241. The van der Waals surface area contributed by atoms with Gasteiger partial charge in [0.05, 0.1) is 28.0 Å². The third-order valence-corrected chi connectivity index (χ3v) is 5.45. The molecular formula is C18H21N5OS. The first-order valence-electron chi connectivity index (χ1n) is 8.64. The van der Waals surface area contributed by atoms with Crippen molar-refractivity contribution < 1.29 is 0 Å². The Bertz CT molecular complexity index is 912. The number of hydrogen-bond acceptors (Lipinski definition) is 5. The molecule has 0 spiro atoms. The Balaban J connectivity index is 1.54. The Morgan fingerprint density at radius 3 is 3.12 bits per heavy atom. The van der Waals surface area contributed by atoms with E-state index in [0.717, 1.165) is 60.7 Å². The zero-order valence-electron chi connectivity index (χ0n) is 14.2. The number of nitrogens with zero attached hydrogens (tertiary/aromatic N) is 3. The molecule has 25 heavy (non-hydrogen) atoms. The lowest BCUT2D eigenvalue weighted by atomic mass is 10.1. The Morgan fingerprint density at radius 2 is 2.32 bits per heavy atom. The van der Waals surface area contributed by atoms with E-state index in [1.54, 1.807) is 11.3 Å². The van der Waals surface area contributed by atoms with Crippen LogP contribution in [-0.4, -0.2) is 31.6 Å². The van der Waals surface area contributed by atoms with E-state index >= 15 is 0 Å². The Morgan fingerprint density at radius 1 is 1.40 bits per heavy atom. The topological polar surface area (TPSA) is 77.7 Å². The highest BCUT2D eigenvalue weighted by Crippen LogP contribution is 2.27. The van der Waals surface area contributed by atoms with Crippen LogP contribution in [-0.2, 0) is 25.9 Å². The minimum Gasteiger partial charge on any atom is -0.310 e. The van der Waals surface area contributed by atoms with Crippen molar-refractivity contribution in [2.24, 2.45) is 0 Å². The fraction of sp³-hybridized carbons (Fsp3) is 0.389. The van der Waals surface area contributed by atoms with Crippen LogP contribution in [0.15, 0.2) is 28.5 Å². The summed E-state index contributed by atoms with van der Waals surface area (Å²) in [5, 5.41) is 9.38. The van der Waals surface area contributed by atoms with Crippen molar-refractivity contribution in [1.29, 1.82) is 0 Å². The van der Waals surface area contributed by atoms with Crippen LogP contribution in [0.3, 0.4) is 0 Å². The van der Waals surface area contributed by atoms with Gasteiger partial charge in [-0.3, -0.25) is 14.8 Å². The molecule has 130 valence electrons. The van der Waals surface area contributed by atoms with E-state index in [1.165, 1.54) is 4.88 Å². The van der Waals surface area contributed by atoms with Gasteiger partial charge >= 0.3 is 0 Å². The van der Waals surface area contributed by atoms with Crippen LogP contribution in [0.1, 0.15) is 36.0 Å². The van der Waals surface area contributed by atoms with Crippen molar-refractivity contribution >= 4 is 11.3 Å². The summed E-state index contributed by atoms with van der Waals surface area (Å²) in [6, 6.07) is 4.14. The standard InChI is InChI=1S/C18H21N5OS/c1-2-4-16-20-14-6-7-23(11-13(14)18(24)21-16)10-12-9-19-22-17(12)15-5-3-8-25-15/h3,5,8-9H,2,4,6-7,10-11H2,1H3,(H,19,22)(H,20,21,24). The first kappa shape index (κ1) is 16.2. The highest BCUT2D eigenvalue weighted by Gasteiger charge is 2.22. The van der Waals surface area contributed by atoms with Crippen LogP contribution in [0.25, 0.3) is 10.6 Å². The molecule has 0 aromatic carbocycles. The van der Waals surface area contributed by atoms with Gasteiger partial charge in [0.15, 0.2) is 0 Å². The molecule has 0 fully saturated rings. The largest absolute Gasteiger partial charge is 0.310 e. The SMILES string of the molecule is CCCc1nc2c(c(=O)[nH]1)CN(Cc1cn[nH]c1-c1cccs1)CC2. The summed E-state index contributed by atoms with van der Waals surface area (Å²) in [7, 11) is 0. The maximum atomic E-state index is 12.4. The summed E-state index contributed by atoms with van der Waals surface area (Å²) in [4.78, 5) is 23.5. The van der Waals surface area contributed by atoms with E-state index in [2.05, 4.69) is 43.4 Å². The van der Waals surface area contributed by atoms with Crippen molar-refractivity contribution in [3.8, 4) is 10.6 Å². The summed E-state index contributed by atoms with van der Waals surface area (Å²) in [6.45, 7) is 4.42. The molecule has 0 bridgehead atoms. The van der Waals surface area contributed by atoms with Crippen molar-refractivity contribution in [2.75, 3.05) is 6.54 Å². The Kier molecular flexibility index (Phi) is 4.50. The van der Waals surface area contributed by atoms with E-state index in [0.29, 0.717) is 6.54 Å². The highest BCUT2D eigenvalue weighted by atomic mass is 32.1. The molecule has 1 aliphatic heterocycles. The van der Waals surface area contributed by atoms with Gasteiger partial charge in [0.25, 0.3) is 5.56 Å². The number of aryl methyl sites for hydroxylation is 1. The molecule has 3 aromatic rings. The van der Waals surface area contributed by atoms with Crippen molar-refractivity contribution in [3.63, 3.8) is 0 Å². The average molecular weight is 355 g/mol. The number of aromatic nitrogens is 4. The maximum absolute atomic E-state index is 12.4. The third kappa shape index (κ3) is 3.29. The van der Waals surface area contributed by atoms with Gasteiger partial charge in [0.1, 0.15) is 5.82 Å². The number of thiophene rings is 1. The molecule has 3 aromatic heterocycles. The van der Waals surface area contributed by atoms with E-state index in [9.17, 15) is 4.79 Å². The molecule has 1 aliphatic rings. The van der Waals surface area contributed by atoms with Crippen molar-refractivity contribution in [3.05, 3.63) is 56.7 Å². The molecule has 0 aliphatic carbocycles. The normalized spacial score (nSPS) is 14.6. The average Bonchev–Trinajstić information content (AvgIpc) is 3.27. The van der Waals surface area contributed by atoms with Gasteiger partial charge in [-0.15, -0.1) is 11.3 Å². The fourth-order valence-corrected chi connectivity index (χ4v) is 4.08. The number of nitrogens with one attached hydrogen (secondary N) is 2. The quantitative estimate of drug-likeness (QED) is 0.738. The Labute approximate surface area is 149 Å². The lowest BCUT2D eigenvalue weighted by Gasteiger charge is -2.27. The van der Waals surface area contributed by atoms with Gasteiger partial charge in [-0.2, -0.15) is 5.10 Å². The molecule has 6 nitrogen and oxygen atoms in total. The van der Waals surface area contributed by atoms with E-state index in [4.69, 9.17) is 0 Å². The number of H-pyrrole nitrogens is 2. The van der Waals surface area contributed by atoms with Crippen LogP contribution < -0.4 is 5.56 Å². The molecule has 4 heterocycles. The smallest absolute Gasteiger partial charge is 0.255 e. The third-order valence-electron chi connectivity index (χ3n) is 4.56. The van der Waals surface area contributed by atoms with Crippen molar-refractivity contribution in [1.82, 2.24) is 25.1 Å². The number of fused-ring (bicyclic) bond motifs is 1. The summed E-state index contributed by atoms with van der Waals surface area (Å²) in [6.07, 6.45) is 4.52. The first-order valence-corrected chi connectivity index (χ1v) is 9.52. The number of rotatable bonds is 5. The van der Waals surface area contributed by atoms with Gasteiger partial charge in [-0.25, -0.2) is 4.98 Å². The highest BCUT2D eigenvalue weighted by molar-refractivity contribution is 7.13. The number of aromatic amines is 2. The molecule has 0 saturated heterocycles. The molecule has 0 atom stereocenters. The molecule has 4 rings (SSSR count). The zero-order chi connectivity index (χ0) is 17.2. The first-order chi connectivity index (χ1) is 12.2. The van der Waals surface area contributed by atoms with Gasteiger partial charge < -0.3 is 4.98 Å². The summed E-state index contributed by atoms with van der Waals surface area (Å²) >= 11 is 1.70. The second-order valence-corrected chi connectivity index (χ2v) is 7.34. The van der Waals surface area contributed by atoms with Crippen LogP contribution in [0.5, 0.6) is 0 Å². The minimum atomic E-state index is 0.0174. The van der Waals surface area contributed by atoms with Gasteiger partial charge in [-0.1, -0.05) is 13.0 Å². The molecular weight excluding hydrogens is 334 g/mol. The van der Waals surface area contributed by atoms with E-state index in [-0.39, 0.29) is 5.56 Å². The predicted octanol–water partition coefficient (Wildman–Crippen LogP) is 2.73. The van der Waals surface area contributed by atoms with Gasteiger partial charge in [0.2, 0.25) is 0 Å². The molecule has 0 radical (unpaired) electrons. The van der Waals surface area contributed by atoms with Crippen molar-refractivity contribution in [2.45, 2.75) is 39.3 Å². The predicted molar refractivity (Wildman–Crippen MR) is 98.6 cm³/mol. The van der Waals surface area contributed by atoms with Gasteiger partial charge in [-0.05, 0) is 17.9 Å². The Hall–Kier alpha value is -2.25. The second kappa shape index (κ2) is 6.93. The molecule has 0 unspecified atom stereocenters. The van der Waals surface area contributed by atoms with Crippen LogP contribution in [0.2, 0.25) is 0 Å². The summed E-state index contributed by atoms with van der Waals surface area (Å²) < 4.78 is 0. The van der Waals surface area contributed by atoms with E-state index in [1.807, 2.05) is 12.3 Å². The zero-order valence-corrected chi connectivity index (χ0v) is 15.0.